The fourth-order valence-electron chi connectivity index (χ4n) is 2.32. The Morgan fingerprint density at radius 2 is 2.00 bits per heavy atom. The lowest BCUT2D eigenvalue weighted by atomic mass is 10.1. The van der Waals surface area contributed by atoms with Crippen LogP contribution in [0.25, 0.3) is 10.9 Å². The largest absolute Gasteiger partial charge is 0.497 e. The van der Waals surface area contributed by atoms with Gasteiger partial charge in [0.05, 0.1) is 24.0 Å². The molecule has 0 aliphatic heterocycles. The van der Waals surface area contributed by atoms with Crippen LogP contribution in [0.2, 0.25) is 0 Å². The van der Waals surface area contributed by atoms with Gasteiger partial charge in [0.2, 0.25) is 0 Å². The normalized spacial score (nSPS) is 10.5. The lowest BCUT2D eigenvalue weighted by Gasteiger charge is -2.12. The van der Waals surface area contributed by atoms with Gasteiger partial charge in [-0.15, -0.1) is 0 Å². The van der Waals surface area contributed by atoms with Crippen molar-refractivity contribution in [3.05, 3.63) is 60.3 Å². The molecule has 1 heterocycles. The molecule has 3 N–H and O–H groups in total. The van der Waals surface area contributed by atoms with E-state index in [-0.39, 0.29) is 0 Å². The quantitative estimate of drug-likeness (QED) is 0.718. The predicted octanol–water partition coefficient (Wildman–Crippen LogP) is 3.44. The summed E-state index contributed by atoms with van der Waals surface area (Å²) in [5, 5.41) is 4.49. The molecule has 106 valence electrons. The molecule has 4 heteroatoms. The standard InChI is InChI=1S/C17H17N3O/c1-21-14-7-8-15(18)16(10-14)20-11-13-5-2-4-12-6-3-9-19-17(12)13/h2-10,20H,11,18H2,1H3. The molecule has 1 aromatic heterocycles. The first kappa shape index (κ1) is 13.2. The van der Waals surface area contributed by atoms with Crippen LogP contribution in [-0.4, -0.2) is 12.1 Å². The van der Waals surface area contributed by atoms with Crippen molar-refractivity contribution < 1.29 is 4.74 Å². The third kappa shape index (κ3) is 2.74. The van der Waals surface area contributed by atoms with Crippen molar-refractivity contribution in [3.8, 4) is 5.75 Å². The zero-order valence-corrected chi connectivity index (χ0v) is 11.8. The summed E-state index contributed by atoms with van der Waals surface area (Å²) in [6, 6.07) is 15.8. The van der Waals surface area contributed by atoms with E-state index in [1.54, 1.807) is 7.11 Å². The van der Waals surface area contributed by atoms with E-state index in [1.165, 1.54) is 0 Å². The summed E-state index contributed by atoms with van der Waals surface area (Å²) in [4.78, 5) is 4.45. The molecule has 0 unspecified atom stereocenters. The summed E-state index contributed by atoms with van der Waals surface area (Å²) in [5.41, 5.74) is 9.69. The van der Waals surface area contributed by atoms with Crippen molar-refractivity contribution in [3.63, 3.8) is 0 Å². The number of rotatable bonds is 4. The first-order valence-electron chi connectivity index (χ1n) is 6.78. The Balaban J connectivity index is 1.87. The van der Waals surface area contributed by atoms with Crippen LogP contribution in [0.15, 0.2) is 54.7 Å². The minimum absolute atomic E-state index is 0.658. The maximum Gasteiger partial charge on any atom is 0.121 e. The van der Waals surface area contributed by atoms with Gasteiger partial charge in [-0.2, -0.15) is 0 Å². The monoisotopic (exact) mass is 279 g/mol. The van der Waals surface area contributed by atoms with Gasteiger partial charge < -0.3 is 15.8 Å². The summed E-state index contributed by atoms with van der Waals surface area (Å²) >= 11 is 0. The van der Waals surface area contributed by atoms with Gasteiger partial charge in [-0.3, -0.25) is 4.98 Å². The Hall–Kier alpha value is -2.75. The Bertz CT molecular complexity index is 766. The highest BCUT2D eigenvalue weighted by molar-refractivity contribution is 5.82. The Morgan fingerprint density at radius 3 is 2.86 bits per heavy atom. The molecule has 2 aromatic carbocycles. The fraction of sp³-hybridized carbons (Fsp3) is 0.118. The average Bonchev–Trinajstić information content (AvgIpc) is 2.54. The molecule has 0 bridgehead atoms. The Labute approximate surface area is 123 Å². The van der Waals surface area contributed by atoms with E-state index in [2.05, 4.69) is 28.5 Å². The van der Waals surface area contributed by atoms with Gasteiger partial charge in [0.1, 0.15) is 5.75 Å². The van der Waals surface area contributed by atoms with Crippen LogP contribution in [0.5, 0.6) is 5.75 Å². The van der Waals surface area contributed by atoms with E-state index in [9.17, 15) is 0 Å². The number of nitrogens with one attached hydrogen (secondary N) is 1. The van der Waals surface area contributed by atoms with Crippen LogP contribution in [0.1, 0.15) is 5.56 Å². The molecule has 0 aliphatic rings. The molecule has 0 amide bonds. The van der Waals surface area contributed by atoms with Crippen LogP contribution in [0, 0.1) is 0 Å². The number of nitrogen functional groups attached to an aromatic ring is 1. The number of nitrogens with zero attached hydrogens (tertiary/aromatic N) is 1. The number of para-hydroxylation sites is 1. The number of pyridine rings is 1. The zero-order chi connectivity index (χ0) is 14.7. The van der Waals surface area contributed by atoms with Gasteiger partial charge in [0.15, 0.2) is 0 Å². The number of aromatic nitrogens is 1. The first-order chi connectivity index (χ1) is 10.3. The highest BCUT2D eigenvalue weighted by Gasteiger charge is 2.04. The number of nitrogens with two attached hydrogens (primary N) is 1. The lowest BCUT2D eigenvalue weighted by Crippen LogP contribution is -2.03. The molecular formula is C17H17N3O. The first-order valence-corrected chi connectivity index (χ1v) is 6.78. The Morgan fingerprint density at radius 1 is 1.14 bits per heavy atom. The van der Waals surface area contributed by atoms with Gasteiger partial charge >= 0.3 is 0 Å². The summed E-state index contributed by atoms with van der Waals surface area (Å²) in [6.07, 6.45) is 1.81. The average molecular weight is 279 g/mol. The SMILES string of the molecule is COc1ccc(N)c(NCc2cccc3cccnc23)c1. The van der Waals surface area contributed by atoms with E-state index >= 15 is 0 Å². The molecule has 3 rings (SSSR count). The van der Waals surface area contributed by atoms with Gasteiger partial charge in [-0.25, -0.2) is 0 Å². The fourth-order valence-corrected chi connectivity index (χ4v) is 2.32. The second kappa shape index (κ2) is 5.71. The molecule has 21 heavy (non-hydrogen) atoms. The van der Waals surface area contributed by atoms with E-state index in [0.29, 0.717) is 12.2 Å². The summed E-state index contributed by atoms with van der Waals surface area (Å²) in [7, 11) is 1.64. The molecular weight excluding hydrogens is 262 g/mol. The van der Waals surface area contributed by atoms with Crippen molar-refractivity contribution in [1.82, 2.24) is 4.98 Å². The predicted molar refractivity (Wildman–Crippen MR) is 86.5 cm³/mol. The minimum Gasteiger partial charge on any atom is -0.497 e. The van der Waals surface area contributed by atoms with Gasteiger partial charge in [-0.05, 0) is 23.8 Å². The number of anilines is 2. The van der Waals surface area contributed by atoms with Crippen molar-refractivity contribution in [2.75, 3.05) is 18.2 Å². The van der Waals surface area contributed by atoms with Crippen LogP contribution in [0.3, 0.4) is 0 Å². The number of ether oxygens (including phenoxy) is 1. The smallest absolute Gasteiger partial charge is 0.121 e. The number of hydrogen-bond acceptors (Lipinski definition) is 4. The van der Waals surface area contributed by atoms with Crippen LogP contribution in [-0.2, 0) is 6.54 Å². The Kier molecular flexibility index (Phi) is 3.60. The maximum absolute atomic E-state index is 5.99. The molecule has 0 atom stereocenters. The molecule has 0 radical (unpaired) electrons. The molecule has 0 aliphatic carbocycles. The third-order valence-corrected chi connectivity index (χ3v) is 3.45. The van der Waals surface area contributed by atoms with E-state index in [1.807, 2.05) is 36.5 Å². The van der Waals surface area contributed by atoms with Crippen LogP contribution < -0.4 is 15.8 Å². The third-order valence-electron chi connectivity index (χ3n) is 3.45. The zero-order valence-electron chi connectivity index (χ0n) is 11.8. The molecule has 0 saturated heterocycles. The number of hydrogen-bond donors (Lipinski definition) is 2. The summed E-state index contributed by atoms with van der Waals surface area (Å²) in [6.45, 7) is 0.658. The minimum atomic E-state index is 0.658. The number of methoxy groups -OCH3 is 1. The lowest BCUT2D eigenvalue weighted by molar-refractivity contribution is 0.415. The van der Waals surface area contributed by atoms with Crippen molar-refractivity contribution in [1.29, 1.82) is 0 Å². The van der Waals surface area contributed by atoms with E-state index < -0.39 is 0 Å². The van der Waals surface area contributed by atoms with E-state index in [4.69, 9.17) is 10.5 Å². The highest BCUT2D eigenvalue weighted by atomic mass is 16.5. The summed E-state index contributed by atoms with van der Waals surface area (Å²) < 4.78 is 5.22. The van der Waals surface area contributed by atoms with Crippen molar-refractivity contribution in [2.24, 2.45) is 0 Å². The highest BCUT2D eigenvalue weighted by Crippen LogP contribution is 2.25. The molecule has 0 saturated carbocycles. The number of fused-ring (bicyclic) bond motifs is 1. The second-order valence-corrected chi connectivity index (χ2v) is 4.80. The van der Waals surface area contributed by atoms with Crippen molar-refractivity contribution >= 4 is 22.3 Å². The van der Waals surface area contributed by atoms with Gasteiger partial charge in [0.25, 0.3) is 0 Å². The van der Waals surface area contributed by atoms with Crippen LogP contribution >= 0.6 is 0 Å². The molecule has 0 fully saturated rings. The van der Waals surface area contributed by atoms with Gasteiger partial charge in [0, 0.05) is 24.2 Å². The topological polar surface area (TPSA) is 60.2 Å². The van der Waals surface area contributed by atoms with E-state index in [0.717, 1.165) is 27.9 Å². The molecule has 3 aromatic rings. The van der Waals surface area contributed by atoms with Crippen LogP contribution in [0.4, 0.5) is 11.4 Å². The van der Waals surface area contributed by atoms with Gasteiger partial charge in [-0.1, -0.05) is 24.3 Å². The summed E-state index contributed by atoms with van der Waals surface area (Å²) in [5.74, 6) is 0.780. The van der Waals surface area contributed by atoms with Crippen molar-refractivity contribution in [2.45, 2.75) is 6.54 Å². The second-order valence-electron chi connectivity index (χ2n) is 4.80. The maximum atomic E-state index is 5.99. The number of benzene rings is 2. The molecule has 0 spiro atoms. The molecule has 4 nitrogen and oxygen atoms in total.